The highest BCUT2D eigenvalue weighted by Gasteiger charge is 2.27. The zero-order chi connectivity index (χ0) is 22.1. The number of aromatic nitrogens is 2. The molecule has 0 bridgehead atoms. The van der Waals surface area contributed by atoms with Crippen molar-refractivity contribution < 1.29 is 14.0 Å². The fourth-order valence-electron chi connectivity index (χ4n) is 3.91. The minimum atomic E-state index is -0.383. The number of nitrogens with zero attached hydrogens (tertiary/aromatic N) is 2. The molecule has 2 aromatic carbocycles. The molecule has 0 saturated carbocycles. The van der Waals surface area contributed by atoms with Gasteiger partial charge in [0.2, 0.25) is 0 Å². The van der Waals surface area contributed by atoms with Crippen LogP contribution in [0.3, 0.4) is 0 Å². The van der Waals surface area contributed by atoms with Crippen molar-refractivity contribution in [1.82, 2.24) is 9.78 Å². The fourth-order valence-corrected chi connectivity index (χ4v) is 4.53. The van der Waals surface area contributed by atoms with Crippen LogP contribution in [0.2, 0.25) is 0 Å². The van der Waals surface area contributed by atoms with Gasteiger partial charge in [-0.3, -0.25) is 9.59 Å². The topological polar surface area (TPSA) is 76.0 Å². The van der Waals surface area contributed by atoms with Gasteiger partial charge in [0, 0.05) is 22.6 Å². The Labute approximate surface area is 187 Å². The van der Waals surface area contributed by atoms with Crippen molar-refractivity contribution in [3.63, 3.8) is 0 Å². The molecule has 2 aromatic heterocycles. The standard InChI is InChI=1S/C24H19FN4O2S/c25-18-9-1-2-10-20(18)29-19-11-4-8-17(19)22(28-29)24(31)27-16-7-3-6-15(14-16)26-23(30)21-12-5-13-32-21/h1-3,5-7,9-10,12-14H,4,8,11H2,(H,26,30)(H,27,31). The van der Waals surface area contributed by atoms with E-state index < -0.39 is 0 Å². The Hall–Kier alpha value is -3.78. The lowest BCUT2D eigenvalue weighted by atomic mass is 10.2. The molecule has 0 radical (unpaired) electrons. The highest BCUT2D eigenvalue weighted by Crippen LogP contribution is 2.29. The second kappa shape index (κ2) is 8.39. The number of benzene rings is 2. The van der Waals surface area contributed by atoms with Crippen LogP contribution < -0.4 is 10.6 Å². The monoisotopic (exact) mass is 446 g/mol. The Morgan fingerprint density at radius 2 is 1.72 bits per heavy atom. The number of fused-ring (bicyclic) bond motifs is 1. The molecule has 4 aromatic rings. The molecule has 8 heteroatoms. The van der Waals surface area contributed by atoms with Crippen molar-refractivity contribution in [2.75, 3.05) is 10.6 Å². The molecule has 5 rings (SSSR count). The predicted molar refractivity (Wildman–Crippen MR) is 122 cm³/mol. The van der Waals surface area contributed by atoms with Crippen LogP contribution in [0, 0.1) is 5.82 Å². The first kappa shape index (κ1) is 20.1. The Morgan fingerprint density at radius 1 is 0.938 bits per heavy atom. The molecule has 160 valence electrons. The van der Waals surface area contributed by atoms with Gasteiger partial charge in [-0.25, -0.2) is 9.07 Å². The third kappa shape index (κ3) is 3.80. The third-order valence-corrected chi connectivity index (χ3v) is 6.22. The zero-order valence-electron chi connectivity index (χ0n) is 17.0. The molecule has 2 amide bonds. The summed E-state index contributed by atoms with van der Waals surface area (Å²) >= 11 is 1.36. The first-order valence-corrected chi connectivity index (χ1v) is 11.1. The van der Waals surface area contributed by atoms with Crippen molar-refractivity contribution in [2.24, 2.45) is 0 Å². The van der Waals surface area contributed by atoms with Crippen molar-refractivity contribution >= 4 is 34.5 Å². The van der Waals surface area contributed by atoms with Gasteiger partial charge in [-0.15, -0.1) is 11.3 Å². The molecule has 0 spiro atoms. The first-order valence-electron chi connectivity index (χ1n) is 10.2. The van der Waals surface area contributed by atoms with Crippen molar-refractivity contribution in [3.05, 3.63) is 93.7 Å². The van der Waals surface area contributed by atoms with Crippen LogP contribution in [0.15, 0.2) is 66.0 Å². The number of thiophene rings is 1. The number of halogens is 1. The molecule has 2 heterocycles. The van der Waals surface area contributed by atoms with Crippen LogP contribution in [0.5, 0.6) is 0 Å². The molecule has 0 fully saturated rings. The fraction of sp³-hybridized carbons (Fsp3) is 0.125. The van der Waals surface area contributed by atoms with Gasteiger partial charge in [0.25, 0.3) is 11.8 Å². The molecule has 32 heavy (non-hydrogen) atoms. The average Bonchev–Trinajstić information content (AvgIpc) is 3.53. The van der Waals surface area contributed by atoms with Gasteiger partial charge in [-0.2, -0.15) is 5.10 Å². The van der Waals surface area contributed by atoms with Gasteiger partial charge in [0.1, 0.15) is 11.5 Å². The van der Waals surface area contributed by atoms with E-state index in [1.165, 1.54) is 17.4 Å². The van der Waals surface area contributed by atoms with E-state index in [9.17, 15) is 14.0 Å². The number of nitrogens with one attached hydrogen (secondary N) is 2. The third-order valence-electron chi connectivity index (χ3n) is 5.35. The number of rotatable bonds is 5. The summed E-state index contributed by atoms with van der Waals surface area (Å²) in [7, 11) is 0. The van der Waals surface area contributed by atoms with Crippen molar-refractivity contribution in [3.8, 4) is 5.69 Å². The SMILES string of the molecule is O=C(Nc1cccc(NC(=O)c2nn(-c3ccccc3F)c3c2CCC3)c1)c1cccs1. The second-order valence-corrected chi connectivity index (χ2v) is 8.40. The molecule has 0 atom stereocenters. The van der Waals surface area contributed by atoms with Gasteiger partial charge in [-0.05, 0) is 61.0 Å². The molecule has 0 unspecified atom stereocenters. The Balaban J connectivity index is 1.39. The lowest BCUT2D eigenvalue weighted by molar-refractivity contribution is 0.101. The molecule has 6 nitrogen and oxygen atoms in total. The Bertz CT molecular complexity index is 1310. The molecule has 0 aliphatic heterocycles. The van der Waals surface area contributed by atoms with Crippen LogP contribution in [0.25, 0.3) is 5.69 Å². The summed E-state index contributed by atoms with van der Waals surface area (Å²) in [5.41, 5.74) is 3.47. The number of amides is 2. The highest BCUT2D eigenvalue weighted by atomic mass is 32.1. The quantitative estimate of drug-likeness (QED) is 0.450. The Morgan fingerprint density at radius 3 is 2.47 bits per heavy atom. The number of hydrogen-bond acceptors (Lipinski definition) is 4. The summed E-state index contributed by atoms with van der Waals surface area (Å²) in [6, 6.07) is 16.9. The average molecular weight is 447 g/mol. The first-order chi connectivity index (χ1) is 15.6. The van der Waals surface area contributed by atoms with Crippen LogP contribution in [-0.4, -0.2) is 21.6 Å². The summed E-state index contributed by atoms with van der Waals surface area (Å²) in [4.78, 5) is 26.0. The van der Waals surface area contributed by atoms with Gasteiger partial charge >= 0.3 is 0 Å². The van der Waals surface area contributed by atoms with Crippen molar-refractivity contribution in [1.29, 1.82) is 0 Å². The van der Waals surface area contributed by atoms with E-state index >= 15 is 0 Å². The normalized spacial score (nSPS) is 12.4. The summed E-state index contributed by atoms with van der Waals surface area (Å²) in [5.74, 6) is -0.948. The van der Waals surface area contributed by atoms with Crippen LogP contribution >= 0.6 is 11.3 Å². The molecule has 1 aliphatic rings. The maximum atomic E-state index is 14.4. The van der Waals surface area contributed by atoms with Crippen LogP contribution in [-0.2, 0) is 12.8 Å². The minimum Gasteiger partial charge on any atom is -0.321 e. The van der Waals surface area contributed by atoms with Gasteiger partial charge in [0.05, 0.1) is 4.88 Å². The lowest BCUT2D eigenvalue weighted by Gasteiger charge is -2.08. The van der Waals surface area contributed by atoms with E-state index in [0.717, 1.165) is 30.5 Å². The Kier molecular flexibility index (Phi) is 5.28. The highest BCUT2D eigenvalue weighted by molar-refractivity contribution is 7.12. The number of hydrogen-bond donors (Lipinski definition) is 2. The van der Waals surface area contributed by atoms with E-state index in [1.54, 1.807) is 53.2 Å². The zero-order valence-corrected chi connectivity index (χ0v) is 17.8. The van der Waals surface area contributed by atoms with Gasteiger partial charge < -0.3 is 10.6 Å². The van der Waals surface area contributed by atoms with E-state index in [2.05, 4.69) is 15.7 Å². The number of carbonyl (C=O) groups is 2. The summed E-state index contributed by atoms with van der Waals surface area (Å²) in [6.45, 7) is 0. The van der Waals surface area contributed by atoms with Crippen molar-refractivity contribution in [2.45, 2.75) is 19.3 Å². The molecule has 2 N–H and O–H groups in total. The number of para-hydroxylation sites is 1. The number of carbonyl (C=O) groups excluding carboxylic acids is 2. The largest absolute Gasteiger partial charge is 0.321 e. The van der Waals surface area contributed by atoms with E-state index in [-0.39, 0.29) is 17.6 Å². The maximum Gasteiger partial charge on any atom is 0.276 e. The predicted octanol–water partition coefficient (Wildman–Crippen LogP) is 5.07. The summed E-state index contributed by atoms with van der Waals surface area (Å²) in [6.07, 6.45) is 2.36. The van der Waals surface area contributed by atoms with Crippen LogP contribution in [0.4, 0.5) is 15.8 Å². The summed E-state index contributed by atoms with van der Waals surface area (Å²) < 4.78 is 15.9. The maximum absolute atomic E-state index is 14.4. The molecular formula is C24H19FN4O2S. The summed E-state index contributed by atoms with van der Waals surface area (Å²) in [5, 5.41) is 12.0. The van der Waals surface area contributed by atoms with E-state index in [0.29, 0.717) is 27.6 Å². The van der Waals surface area contributed by atoms with Gasteiger partial charge in [-0.1, -0.05) is 24.3 Å². The van der Waals surface area contributed by atoms with Gasteiger partial charge in [0.15, 0.2) is 5.69 Å². The number of anilines is 2. The molecule has 1 aliphatic carbocycles. The van der Waals surface area contributed by atoms with E-state index in [1.807, 2.05) is 11.4 Å². The minimum absolute atomic E-state index is 0.204. The second-order valence-electron chi connectivity index (χ2n) is 7.46. The molecule has 0 saturated heterocycles. The smallest absolute Gasteiger partial charge is 0.276 e. The lowest BCUT2D eigenvalue weighted by Crippen LogP contribution is -2.15. The van der Waals surface area contributed by atoms with E-state index in [4.69, 9.17) is 0 Å². The molecular weight excluding hydrogens is 427 g/mol. The van der Waals surface area contributed by atoms with Crippen LogP contribution in [0.1, 0.15) is 37.8 Å².